The highest BCUT2D eigenvalue weighted by Gasteiger charge is 2.35. The summed E-state index contributed by atoms with van der Waals surface area (Å²) in [4.78, 5) is 4.04. The molecule has 1 aliphatic heterocycles. The molecular formula is C19H25N3O4S2. The molecule has 2 aromatic rings. The van der Waals surface area contributed by atoms with Crippen LogP contribution >= 0.6 is 0 Å². The van der Waals surface area contributed by atoms with Crippen LogP contribution in [0.3, 0.4) is 0 Å². The summed E-state index contributed by atoms with van der Waals surface area (Å²) in [5, 5.41) is 0. The Morgan fingerprint density at radius 2 is 1.79 bits per heavy atom. The fraction of sp³-hybridized carbons (Fsp3) is 0.421. The van der Waals surface area contributed by atoms with Gasteiger partial charge in [-0.1, -0.05) is 36.4 Å². The number of hydrogen-bond acceptors (Lipinski definition) is 5. The lowest BCUT2D eigenvalue weighted by Crippen LogP contribution is -2.51. The Morgan fingerprint density at radius 3 is 2.43 bits per heavy atom. The summed E-state index contributed by atoms with van der Waals surface area (Å²) < 4.78 is 53.4. The molecule has 1 aromatic carbocycles. The highest BCUT2D eigenvalue weighted by Crippen LogP contribution is 2.24. The molecule has 1 atom stereocenters. The molecule has 9 heteroatoms. The van der Waals surface area contributed by atoms with Crippen molar-refractivity contribution in [1.82, 2.24) is 13.6 Å². The SMILES string of the molecule is CS(=O)(=O)N(Cc1cccnc1)C1CCCN(S(=O)(=O)Cc2ccccc2)C1. The molecule has 0 spiro atoms. The van der Waals surface area contributed by atoms with E-state index < -0.39 is 26.1 Å². The van der Waals surface area contributed by atoms with Gasteiger partial charge in [0.2, 0.25) is 20.0 Å². The van der Waals surface area contributed by atoms with E-state index in [1.807, 2.05) is 24.3 Å². The first-order valence-electron chi connectivity index (χ1n) is 9.13. The Morgan fingerprint density at radius 1 is 1.07 bits per heavy atom. The van der Waals surface area contributed by atoms with E-state index in [-0.39, 0.29) is 18.8 Å². The number of nitrogens with zero attached hydrogens (tertiary/aromatic N) is 3. The van der Waals surface area contributed by atoms with E-state index in [2.05, 4.69) is 4.98 Å². The van der Waals surface area contributed by atoms with Gasteiger partial charge in [-0.3, -0.25) is 4.98 Å². The van der Waals surface area contributed by atoms with Gasteiger partial charge in [-0.15, -0.1) is 0 Å². The standard InChI is InChI=1S/C19H25N3O4S2/c1-27(23,24)22(14-18-9-5-11-20-13-18)19-10-6-12-21(15-19)28(25,26)16-17-7-3-2-4-8-17/h2-5,7-9,11,13,19H,6,10,12,14-16H2,1H3. The van der Waals surface area contributed by atoms with Gasteiger partial charge in [0.05, 0.1) is 12.0 Å². The van der Waals surface area contributed by atoms with Crippen molar-refractivity contribution in [3.05, 3.63) is 66.0 Å². The number of sulfonamides is 2. The first kappa shape index (κ1) is 20.9. The molecule has 28 heavy (non-hydrogen) atoms. The number of aromatic nitrogens is 1. The number of hydrogen-bond donors (Lipinski definition) is 0. The van der Waals surface area contributed by atoms with Crippen LogP contribution in [0.2, 0.25) is 0 Å². The van der Waals surface area contributed by atoms with E-state index in [1.54, 1.807) is 30.6 Å². The van der Waals surface area contributed by atoms with Crippen LogP contribution in [0.25, 0.3) is 0 Å². The molecule has 0 bridgehead atoms. The molecule has 152 valence electrons. The van der Waals surface area contributed by atoms with E-state index in [0.717, 1.165) is 11.1 Å². The van der Waals surface area contributed by atoms with Crippen LogP contribution in [0, 0.1) is 0 Å². The molecule has 0 aliphatic carbocycles. The third-order valence-electron chi connectivity index (χ3n) is 4.84. The maximum Gasteiger partial charge on any atom is 0.218 e. The Labute approximate surface area is 167 Å². The van der Waals surface area contributed by atoms with Crippen molar-refractivity contribution < 1.29 is 16.8 Å². The minimum atomic E-state index is -3.52. The molecule has 1 fully saturated rings. The quantitative estimate of drug-likeness (QED) is 0.678. The zero-order valence-corrected chi connectivity index (χ0v) is 17.4. The molecule has 1 saturated heterocycles. The molecule has 3 rings (SSSR count). The number of rotatable bonds is 7. The van der Waals surface area contributed by atoms with Crippen LogP contribution in [0.15, 0.2) is 54.9 Å². The van der Waals surface area contributed by atoms with Gasteiger partial charge >= 0.3 is 0 Å². The van der Waals surface area contributed by atoms with Crippen molar-refractivity contribution in [3.8, 4) is 0 Å². The molecule has 7 nitrogen and oxygen atoms in total. The lowest BCUT2D eigenvalue weighted by Gasteiger charge is -2.37. The van der Waals surface area contributed by atoms with Gasteiger partial charge in [-0.25, -0.2) is 21.1 Å². The van der Waals surface area contributed by atoms with E-state index in [4.69, 9.17) is 0 Å². The van der Waals surface area contributed by atoms with Crippen LogP contribution in [-0.2, 0) is 32.3 Å². The smallest absolute Gasteiger partial charge is 0.218 e. The van der Waals surface area contributed by atoms with Crippen molar-refractivity contribution in [3.63, 3.8) is 0 Å². The second kappa shape index (κ2) is 8.69. The molecule has 0 N–H and O–H groups in total. The molecule has 0 saturated carbocycles. The second-order valence-corrected chi connectivity index (χ2v) is 11.0. The Balaban J connectivity index is 1.78. The minimum Gasteiger partial charge on any atom is -0.264 e. The predicted octanol–water partition coefficient (Wildman–Crippen LogP) is 1.84. The van der Waals surface area contributed by atoms with Crippen LogP contribution < -0.4 is 0 Å². The number of pyridine rings is 1. The third kappa shape index (κ3) is 5.38. The number of benzene rings is 1. The largest absolute Gasteiger partial charge is 0.264 e. The van der Waals surface area contributed by atoms with Crippen molar-refractivity contribution in [1.29, 1.82) is 0 Å². The molecular weight excluding hydrogens is 398 g/mol. The summed E-state index contributed by atoms with van der Waals surface area (Å²) in [6, 6.07) is 12.2. The molecule has 1 aromatic heterocycles. The molecule has 2 heterocycles. The van der Waals surface area contributed by atoms with Crippen molar-refractivity contribution in [2.45, 2.75) is 31.2 Å². The van der Waals surface area contributed by atoms with Gasteiger partial charge in [-0.05, 0) is 30.0 Å². The lowest BCUT2D eigenvalue weighted by molar-refractivity contribution is 0.206. The fourth-order valence-electron chi connectivity index (χ4n) is 3.47. The minimum absolute atomic E-state index is 0.0813. The van der Waals surface area contributed by atoms with Crippen LogP contribution in [0.5, 0.6) is 0 Å². The predicted molar refractivity (Wildman–Crippen MR) is 108 cm³/mol. The topological polar surface area (TPSA) is 87.7 Å². The first-order chi connectivity index (χ1) is 13.3. The molecule has 1 unspecified atom stereocenters. The highest BCUT2D eigenvalue weighted by atomic mass is 32.2. The van der Waals surface area contributed by atoms with E-state index in [0.29, 0.717) is 19.4 Å². The maximum atomic E-state index is 12.9. The van der Waals surface area contributed by atoms with Crippen LogP contribution in [0.4, 0.5) is 0 Å². The summed E-state index contributed by atoms with van der Waals surface area (Å²) in [6.07, 6.45) is 5.68. The Bertz CT molecular complexity index is 980. The monoisotopic (exact) mass is 423 g/mol. The molecule has 0 amide bonds. The molecule has 0 radical (unpaired) electrons. The highest BCUT2D eigenvalue weighted by molar-refractivity contribution is 7.88. The van der Waals surface area contributed by atoms with E-state index in [9.17, 15) is 16.8 Å². The maximum absolute atomic E-state index is 12.9. The number of piperidine rings is 1. The Hall–Kier alpha value is -1.81. The fourth-order valence-corrected chi connectivity index (χ4v) is 6.17. The van der Waals surface area contributed by atoms with Crippen molar-refractivity contribution >= 4 is 20.0 Å². The van der Waals surface area contributed by atoms with Gasteiger partial charge in [0.25, 0.3) is 0 Å². The van der Waals surface area contributed by atoms with Gasteiger partial charge in [0.15, 0.2) is 0 Å². The van der Waals surface area contributed by atoms with Gasteiger partial charge in [0.1, 0.15) is 0 Å². The summed E-state index contributed by atoms with van der Waals surface area (Å²) in [7, 11) is -7.03. The summed E-state index contributed by atoms with van der Waals surface area (Å²) in [5.74, 6) is -0.0813. The summed E-state index contributed by atoms with van der Waals surface area (Å²) >= 11 is 0. The van der Waals surface area contributed by atoms with Gasteiger partial charge in [0, 0.05) is 38.1 Å². The van der Waals surface area contributed by atoms with Gasteiger partial charge in [-0.2, -0.15) is 4.31 Å². The normalized spacial score (nSPS) is 19.0. The van der Waals surface area contributed by atoms with E-state index >= 15 is 0 Å². The zero-order chi connectivity index (χ0) is 20.2. The summed E-state index contributed by atoms with van der Waals surface area (Å²) in [5.41, 5.74) is 1.50. The third-order valence-corrected chi connectivity index (χ3v) is 7.93. The lowest BCUT2D eigenvalue weighted by atomic mass is 10.1. The zero-order valence-electron chi connectivity index (χ0n) is 15.8. The summed E-state index contributed by atoms with van der Waals surface area (Å²) in [6.45, 7) is 0.766. The molecule has 1 aliphatic rings. The average molecular weight is 424 g/mol. The van der Waals surface area contributed by atoms with Crippen molar-refractivity contribution in [2.75, 3.05) is 19.3 Å². The van der Waals surface area contributed by atoms with Crippen molar-refractivity contribution in [2.24, 2.45) is 0 Å². The Kier molecular flexibility index (Phi) is 6.49. The second-order valence-electron chi connectivity index (χ2n) is 7.07. The average Bonchev–Trinajstić information content (AvgIpc) is 2.67. The first-order valence-corrected chi connectivity index (χ1v) is 12.6. The van der Waals surface area contributed by atoms with Gasteiger partial charge < -0.3 is 0 Å². The van der Waals surface area contributed by atoms with Crippen LogP contribution in [0.1, 0.15) is 24.0 Å². The van der Waals surface area contributed by atoms with Crippen LogP contribution in [-0.4, -0.2) is 55.8 Å². The van der Waals surface area contributed by atoms with E-state index in [1.165, 1.54) is 14.9 Å².